The van der Waals surface area contributed by atoms with E-state index in [-0.39, 0.29) is 23.5 Å². The van der Waals surface area contributed by atoms with E-state index in [9.17, 15) is 14.7 Å². The summed E-state index contributed by atoms with van der Waals surface area (Å²) in [5.41, 5.74) is -0.241. The predicted molar refractivity (Wildman–Crippen MR) is 111 cm³/mol. The number of methoxy groups -OCH3 is 1. The first-order chi connectivity index (χ1) is 14.2. The van der Waals surface area contributed by atoms with Gasteiger partial charge in [-0.25, -0.2) is 9.78 Å². The number of aromatic nitrogens is 1. The topological polar surface area (TPSA) is 107 Å². The summed E-state index contributed by atoms with van der Waals surface area (Å²) in [6.45, 7) is 7.18. The maximum absolute atomic E-state index is 12.5. The summed E-state index contributed by atoms with van der Waals surface area (Å²) in [6, 6.07) is 9.74. The van der Waals surface area contributed by atoms with Gasteiger partial charge in [0.25, 0.3) is 5.91 Å². The smallest absolute Gasteiger partial charge is 0.328 e. The van der Waals surface area contributed by atoms with E-state index in [4.69, 9.17) is 14.2 Å². The first-order valence-corrected chi connectivity index (χ1v) is 9.69. The number of ether oxygens (including phenoxy) is 3. The highest BCUT2D eigenvalue weighted by molar-refractivity contribution is 5.97. The van der Waals surface area contributed by atoms with Crippen molar-refractivity contribution in [2.45, 2.75) is 45.9 Å². The lowest BCUT2D eigenvalue weighted by molar-refractivity contribution is -0.155. The minimum atomic E-state index is -0.961. The second-order valence-electron chi connectivity index (χ2n) is 7.19. The standard InChI is InChI=1S/C22H28N2O6/c1-13(2)20(30-16-9-7-6-8-10-16)15(4)29-22(27)14(3)24-21(26)18-19(25)17(28-5)11-12-23-18/h6-15,20,25H,1-5H3,(H,24,26)/t14-,15+,20+/m0/s1. The Morgan fingerprint density at radius 2 is 1.73 bits per heavy atom. The quantitative estimate of drug-likeness (QED) is 0.605. The largest absolute Gasteiger partial charge is 0.503 e. The van der Waals surface area contributed by atoms with Gasteiger partial charge in [0.15, 0.2) is 17.2 Å². The molecule has 0 bridgehead atoms. The van der Waals surface area contributed by atoms with Crippen LogP contribution in [-0.4, -0.2) is 47.3 Å². The molecule has 0 unspecified atom stereocenters. The molecule has 0 aliphatic rings. The van der Waals surface area contributed by atoms with Gasteiger partial charge in [-0.1, -0.05) is 32.0 Å². The molecule has 2 rings (SSSR count). The van der Waals surface area contributed by atoms with Crippen molar-refractivity contribution in [2.75, 3.05) is 7.11 Å². The average Bonchev–Trinajstić information content (AvgIpc) is 2.72. The van der Waals surface area contributed by atoms with E-state index < -0.39 is 29.8 Å². The van der Waals surface area contributed by atoms with E-state index in [0.29, 0.717) is 5.75 Å². The van der Waals surface area contributed by atoms with Crippen LogP contribution in [0.4, 0.5) is 0 Å². The number of pyridine rings is 1. The summed E-state index contributed by atoms with van der Waals surface area (Å²) in [6.07, 6.45) is 0.399. The molecule has 1 amide bonds. The average molecular weight is 416 g/mol. The van der Waals surface area contributed by atoms with Gasteiger partial charge < -0.3 is 24.6 Å². The first-order valence-electron chi connectivity index (χ1n) is 9.69. The Balaban J connectivity index is 2.00. The molecule has 0 saturated carbocycles. The lowest BCUT2D eigenvalue weighted by Gasteiger charge is -2.29. The summed E-state index contributed by atoms with van der Waals surface area (Å²) in [7, 11) is 1.36. The number of aromatic hydroxyl groups is 1. The number of amides is 1. The van der Waals surface area contributed by atoms with Gasteiger partial charge in [0.05, 0.1) is 7.11 Å². The second-order valence-corrected chi connectivity index (χ2v) is 7.19. The van der Waals surface area contributed by atoms with E-state index >= 15 is 0 Å². The normalized spacial score (nSPS) is 13.8. The third kappa shape index (κ3) is 5.85. The summed E-state index contributed by atoms with van der Waals surface area (Å²) in [5.74, 6) is -0.875. The Hall–Kier alpha value is -3.29. The van der Waals surface area contributed by atoms with Gasteiger partial charge in [-0.2, -0.15) is 0 Å². The third-order valence-electron chi connectivity index (χ3n) is 4.46. The SMILES string of the molecule is COc1ccnc(C(=O)N[C@@H](C)C(=O)O[C@H](C)[C@H](Oc2ccccc2)C(C)C)c1O. The fraction of sp³-hybridized carbons (Fsp3) is 0.409. The molecule has 0 saturated heterocycles. The van der Waals surface area contributed by atoms with Crippen molar-refractivity contribution >= 4 is 11.9 Å². The number of para-hydroxylation sites is 1. The van der Waals surface area contributed by atoms with Crippen molar-refractivity contribution in [1.82, 2.24) is 10.3 Å². The number of carbonyl (C=O) groups excluding carboxylic acids is 2. The summed E-state index contributed by atoms with van der Waals surface area (Å²) >= 11 is 0. The predicted octanol–water partition coefficient (Wildman–Crippen LogP) is 2.95. The van der Waals surface area contributed by atoms with Crippen molar-refractivity contribution in [2.24, 2.45) is 5.92 Å². The Morgan fingerprint density at radius 1 is 1.07 bits per heavy atom. The van der Waals surface area contributed by atoms with Crippen LogP contribution >= 0.6 is 0 Å². The van der Waals surface area contributed by atoms with E-state index in [1.165, 1.54) is 26.3 Å². The molecule has 8 nitrogen and oxygen atoms in total. The monoisotopic (exact) mass is 416 g/mol. The number of carbonyl (C=O) groups is 2. The van der Waals surface area contributed by atoms with Gasteiger partial charge >= 0.3 is 5.97 Å². The van der Waals surface area contributed by atoms with E-state index in [1.807, 2.05) is 44.2 Å². The molecule has 0 radical (unpaired) electrons. The zero-order valence-corrected chi connectivity index (χ0v) is 17.8. The summed E-state index contributed by atoms with van der Waals surface area (Å²) < 4.78 is 16.5. The summed E-state index contributed by atoms with van der Waals surface area (Å²) in [5, 5.41) is 12.5. The first kappa shape index (κ1) is 23.0. The Labute approximate surface area is 176 Å². The number of rotatable bonds is 9. The van der Waals surface area contributed by atoms with E-state index in [1.54, 1.807) is 6.92 Å². The van der Waals surface area contributed by atoms with Crippen LogP contribution in [0.2, 0.25) is 0 Å². The number of nitrogens with one attached hydrogen (secondary N) is 1. The molecule has 30 heavy (non-hydrogen) atoms. The van der Waals surface area contributed by atoms with Crippen molar-refractivity contribution < 1.29 is 28.9 Å². The van der Waals surface area contributed by atoms with Crippen LogP contribution in [0, 0.1) is 5.92 Å². The zero-order valence-electron chi connectivity index (χ0n) is 17.8. The number of hydrogen-bond acceptors (Lipinski definition) is 7. The van der Waals surface area contributed by atoms with Crippen LogP contribution in [0.5, 0.6) is 17.2 Å². The van der Waals surface area contributed by atoms with Crippen LogP contribution in [-0.2, 0) is 9.53 Å². The van der Waals surface area contributed by atoms with Crippen molar-refractivity contribution in [3.63, 3.8) is 0 Å². The van der Waals surface area contributed by atoms with E-state index in [2.05, 4.69) is 10.3 Å². The van der Waals surface area contributed by atoms with Gasteiger partial charge in [0.2, 0.25) is 0 Å². The lowest BCUT2D eigenvalue weighted by Crippen LogP contribution is -2.44. The van der Waals surface area contributed by atoms with Crippen LogP contribution in [0.15, 0.2) is 42.6 Å². The summed E-state index contributed by atoms with van der Waals surface area (Å²) in [4.78, 5) is 28.7. The van der Waals surface area contributed by atoms with Gasteiger partial charge in [0, 0.05) is 12.3 Å². The van der Waals surface area contributed by atoms with Crippen LogP contribution in [0.25, 0.3) is 0 Å². The molecule has 0 spiro atoms. The molecular formula is C22H28N2O6. The van der Waals surface area contributed by atoms with Gasteiger partial charge in [-0.05, 0) is 31.9 Å². The Morgan fingerprint density at radius 3 is 2.33 bits per heavy atom. The highest BCUT2D eigenvalue weighted by Crippen LogP contribution is 2.27. The molecule has 8 heteroatoms. The molecule has 0 aliphatic heterocycles. The molecule has 1 aromatic heterocycles. The van der Waals surface area contributed by atoms with Gasteiger partial charge in [0.1, 0.15) is 24.0 Å². The van der Waals surface area contributed by atoms with Crippen molar-refractivity contribution in [3.8, 4) is 17.2 Å². The Kier molecular flexibility index (Phi) is 8.03. The zero-order chi connectivity index (χ0) is 22.3. The maximum Gasteiger partial charge on any atom is 0.328 e. The van der Waals surface area contributed by atoms with Gasteiger partial charge in [-0.15, -0.1) is 0 Å². The molecule has 0 aliphatic carbocycles. The minimum absolute atomic E-state index is 0.0795. The fourth-order valence-electron chi connectivity index (χ4n) is 2.87. The van der Waals surface area contributed by atoms with Crippen LogP contribution < -0.4 is 14.8 Å². The number of benzene rings is 1. The molecule has 162 valence electrons. The van der Waals surface area contributed by atoms with Crippen molar-refractivity contribution in [3.05, 3.63) is 48.3 Å². The molecule has 3 atom stereocenters. The molecule has 1 heterocycles. The van der Waals surface area contributed by atoms with Crippen LogP contribution in [0.1, 0.15) is 38.2 Å². The molecule has 2 N–H and O–H groups in total. The molecule has 1 aromatic carbocycles. The number of nitrogens with zero attached hydrogens (tertiary/aromatic N) is 1. The van der Waals surface area contributed by atoms with Crippen LogP contribution in [0.3, 0.4) is 0 Å². The van der Waals surface area contributed by atoms with Gasteiger partial charge in [-0.3, -0.25) is 4.79 Å². The number of esters is 1. The minimum Gasteiger partial charge on any atom is -0.503 e. The van der Waals surface area contributed by atoms with E-state index in [0.717, 1.165) is 0 Å². The number of hydrogen-bond donors (Lipinski definition) is 2. The highest BCUT2D eigenvalue weighted by atomic mass is 16.6. The fourth-order valence-corrected chi connectivity index (χ4v) is 2.87. The van der Waals surface area contributed by atoms with Crippen molar-refractivity contribution in [1.29, 1.82) is 0 Å². The maximum atomic E-state index is 12.5. The lowest BCUT2D eigenvalue weighted by atomic mass is 10.0. The second kappa shape index (κ2) is 10.5. The Bertz CT molecular complexity index is 856. The molecular weight excluding hydrogens is 388 g/mol. The third-order valence-corrected chi connectivity index (χ3v) is 4.46. The molecule has 2 aromatic rings. The highest BCUT2D eigenvalue weighted by Gasteiger charge is 2.29. The molecule has 0 fully saturated rings.